The van der Waals surface area contributed by atoms with E-state index in [-0.39, 0.29) is 19.0 Å². The summed E-state index contributed by atoms with van der Waals surface area (Å²) in [5, 5.41) is 0. The van der Waals surface area contributed by atoms with Gasteiger partial charge in [-0.15, -0.1) is 0 Å². The van der Waals surface area contributed by atoms with E-state index in [1.807, 2.05) is 20.8 Å². The zero-order chi connectivity index (χ0) is 10.5. The van der Waals surface area contributed by atoms with Crippen LogP contribution in [0.3, 0.4) is 0 Å². The van der Waals surface area contributed by atoms with Crippen molar-refractivity contribution in [3.63, 3.8) is 0 Å². The van der Waals surface area contributed by atoms with E-state index >= 15 is 0 Å². The third-order valence-corrected chi connectivity index (χ3v) is 2.02. The van der Waals surface area contributed by atoms with Crippen LogP contribution in [0.25, 0.3) is 0 Å². The molecule has 1 saturated heterocycles. The lowest BCUT2D eigenvalue weighted by Gasteiger charge is -2.31. The van der Waals surface area contributed by atoms with Crippen LogP contribution in [0.2, 0.25) is 0 Å². The smallest absolute Gasteiger partial charge is 0.214 e. The quantitative estimate of drug-likeness (QED) is 0.539. The Labute approximate surface area is 77.9 Å². The van der Waals surface area contributed by atoms with Gasteiger partial charge in [0.2, 0.25) is 0 Å². The van der Waals surface area contributed by atoms with E-state index < -0.39 is 6.30 Å². The van der Waals surface area contributed by atoms with E-state index in [4.69, 9.17) is 0 Å². The Balaban J connectivity index is 0.000000671. The Bertz CT molecular complexity index is 133. The summed E-state index contributed by atoms with van der Waals surface area (Å²) in [6.07, 6.45) is -2.53. The van der Waals surface area contributed by atoms with E-state index in [0.29, 0.717) is 11.3 Å². The monoisotopic (exact) mass is 197 g/mol. The largest absolute Gasteiger partial charge is 0.459 e. The molecule has 0 aromatic rings. The third-order valence-electron chi connectivity index (χ3n) is 2.02. The van der Waals surface area contributed by atoms with E-state index in [1.165, 1.54) is 0 Å². The van der Waals surface area contributed by atoms with Crippen molar-refractivity contribution in [2.45, 2.75) is 39.9 Å². The average Bonchev–Trinajstić information content (AvgIpc) is 2.06. The molecule has 13 heavy (non-hydrogen) atoms. The van der Waals surface area contributed by atoms with Crippen LogP contribution in [-0.4, -0.2) is 24.3 Å². The van der Waals surface area contributed by atoms with Gasteiger partial charge in [-0.25, -0.2) is 4.90 Å². The summed E-state index contributed by atoms with van der Waals surface area (Å²) >= 11 is 0. The second kappa shape index (κ2) is 5.47. The number of alkyl halides is 3. The van der Waals surface area contributed by atoms with Gasteiger partial charge in [-0.2, -0.15) is 13.2 Å². The lowest BCUT2D eigenvalue weighted by molar-refractivity contribution is -0.253. The first kappa shape index (κ1) is 12.8. The summed E-state index contributed by atoms with van der Waals surface area (Å²) in [7, 11) is 0. The first-order chi connectivity index (χ1) is 6.00. The maximum atomic E-state index is 12.0. The predicted molar refractivity (Wildman–Crippen MR) is 47.4 cm³/mol. The number of likely N-dealkylation sites (tertiary alicyclic amines) is 1. The van der Waals surface area contributed by atoms with Gasteiger partial charge in [0.05, 0.1) is 0 Å². The first-order valence-electron chi connectivity index (χ1n) is 4.82. The maximum Gasteiger partial charge on any atom is 0.459 e. The summed E-state index contributed by atoms with van der Waals surface area (Å²) in [6.45, 7) is 6.20. The molecule has 1 heterocycles. The van der Waals surface area contributed by atoms with Crippen LogP contribution in [0.4, 0.5) is 13.2 Å². The number of hydrogen-bond acceptors (Lipinski definition) is 1. The van der Waals surface area contributed by atoms with E-state index in [9.17, 15) is 13.2 Å². The minimum atomic E-state index is -4.12. The summed E-state index contributed by atoms with van der Waals surface area (Å²) in [5.41, 5.74) is 0. The zero-order valence-electron chi connectivity index (χ0n) is 8.49. The molecule has 4 heteroatoms. The molecule has 0 radical (unpaired) electrons. The van der Waals surface area contributed by atoms with Gasteiger partial charge < -0.3 is 0 Å². The molecule has 0 N–H and O–H groups in total. The normalized spacial score (nSPS) is 24.9. The van der Waals surface area contributed by atoms with Gasteiger partial charge in [-0.05, 0) is 18.8 Å². The van der Waals surface area contributed by atoms with Crippen molar-refractivity contribution in [1.29, 1.82) is 0 Å². The van der Waals surface area contributed by atoms with Gasteiger partial charge in [-0.3, -0.25) is 0 Å². The van der Waals surface area contributed by atoms with Crippen molar-refractivity contribution in [3.8, 4) is 0 Å². The fourth-order valence-electron chi connectivity index (χ4n) is 1.42. The number of piperidine rings is 1. The van der Waals surface area contributed by atoms with Crippen LogP contribution in [0.1, 0.15) is 33.6 Å². The lowest BCUT2D eigenvalue weighted by atomic mass is 10.0. The van der Waals surface area contributed by atoms with Crippen LogP contribution >= 0.6 is 0 Å². The van der Waals surface area contributed by atoms with E-state index in [1.54, 1.807) is 0 Å². The van der Waals surface area contributed by atoms with Crippen molar-refractivity contribution in [2.75, 3.05) is 13.1 Å². The Morgan fingerprint density at radius 1 is 1.23 bits per heavy atom. The molecular weight excluding hydrogens is 179 g/mol. The fourth-order valence-corrected chi connectivity index (χ4v) is 1.42. The molecule has 0 aromatic heterocycles. The molecule has 0 saturated carbocycles. The molecule has 1 aliphatic rings. The molecule has 1 fully saturated rings. The first-order valence-corrected chi connectivity index (χ1v) is 4.82. The SMILES string of the molecule is CC.CC1CCCN(C(F)(F)F)C1. The van der Waals surface area contributed by atoms with Crippen LogP contribution in [0.5, 0.6) is 0 Å². The molecule has 1 unspecified atom stereocenters. The van der Waals surface area contributed by atoms with E-state index in [0.717, 1.165) is 6.42 Å². The van der Waals surface area contributed by atoms with Crippen LogP contribution in [-0.2, 0) is 0 Å². The molecular formula is C9H18F3N. The second-order valence-electron chi connectivity index (χ2n) is 3.16. The number of hydrogen-bond donors (Lipinski definition) is 0. The van der Waals surface area contributed by atoms with Crippen LogP contribution < -0.4 is 0 Å². The molecule has 1 aliphatic heterocycles. The summed E-state index contributed by atoms with van der Waals surface area (Å²) < 4.78 is 36.1. The van der Waals surface area contributed by atoms with Gasteiger partial charge in [0.15, 0.2) is 0 Å². The van der Waals surface area contributed by atoms with Crippen molar-refractivity contribution in [3.05, 3.63) is 0 Å². The second-order valence-corrected chi connectivity index (χ2v) is 3.16. The maximum absolute atomic E-state index is 12.0. The highest BCUT2D eigenvalue weighted by atomic mass is 19.4. The molecule has 0 aliphatic carbocycles. The highest BCUT2D eigenvalue weighted by molar-refractivity contribution is 4.71. The Morgan fingerprint density at radius 3 is 2.08 bits per heavy atom. The molecule has 1 atom stereocenters. The van der Waals surface area contributed by atoms with Gasteiger partial charge >= 0.3 is 6.30 Å². The molecule has 80 valence electrons. The number of halogens is 3. The lowest BCUT2D eigenvalue weighted by Crippen LogP contribution is -2.44. The Morgan fingerprint density at radius 2 is 1.77 bits per heavy atom. The topological polar surface area (TPSA) is 3.24 Å². The Hall–Kier alpha value is -0.250. The van der Waals surface area contributed by atoms with Crippen molar-refractivity contribution in [1.82, 2.24) is 4.90 Å². The zero-order valence-corrected chi connectivity index (χ0v) is 8.49. The van der Waals surface area contributed by atoms with Gasteiger partial charge in [0.25, 0.3) is 0 Å². The highest BCUT2D eigenvalue weighted by Gasteiger charge is 2.38. The van der Waals surface area contributed by atoms with Gasteiger partial charge in [-0.1, -0.05) is 20.8 Å². The van der Waals surface area contributed by atoms with Crippen LogP contribution in [0.15, 0.2) is 0 Å². The molecule has 0 amide bonds. The summed E-state index contributed by atoms with van der Waals surface area (Å²) in [5.74, 6) is 0.186. The van der Waals surface area contributed by atoms with E-state index in [2.05, 4.69) is 0 Å². The van der Waals surface area contributed by atoms with Crippen molar-refractivity contribution in [2.24, 2.45) is 5.92 Å². The van der Waals surface area contributed by atoms with Crippen molar-refractivity contribution >= 4 is 0 Å². The number of rotatable bonds is 0. The summed E-state index contributed by atoms with van der Waals surface area (Å²) in [6, 6.07) is 0. The number of nitrogens with zero attached hydrogens (tertiary/aromatic N) is 1. The molecule has 0 aromatic carbocycles. The summed E-state index contributed by atoms with van der Waals surface area (Å²) in [4.78, 5) is 0.598. The molecule has 1 rings (SSSR count). The molecule has 1 nitrogen and oxygen atoms in total. The molecule has 0 spiro atoms. The molecule has 0 bridgehead atoms. The van der Waals surface area contributed by atoms with Crippen LogP contribution in [0, 0.1) is 5.92 Å². The minimum Gasteiger partial charge on any atom is -0.214 e. The third kappa shape index (κ3) is 4.50. The van der Waals surface area contributed by atoms with Crippen molar-refractivity contribution < 1.29 is 13.2 Å². The standard InChI is InChI=1S/C7H12F3N.C2H6/c1-6-3-2-4-11(5-6)7(8,9)10;1-2/h6H,2-5H2,1H3;1-2H3. The van der Waals surface area contributed by atoms with Gasteiger partial charge in [0.1, 0.15) is 0 Å². The fraction of sp³-hybridized carbons (Fsp3) is 1.00. The predicted octanol–water partition coefficient (Wildman–Crippen LogP) is 3.26. The average molecular weight is 197 g/mol. The minimum absolute atomic E-state index is 0.170. The van der Waals surface area contributed by atoms with Gasteiger partial charge in [0, 0.05) is 13.1 Å². The Kier molecular flexibility index (Phi) is 5.37. The highest BCUT2D eigenvalue weighted by Crippen LogP contribution is 2.27.